The van der Waals surface area contributed by atoms with Crippen LogP contribution in [0.25, 0.3) is 0 Å². The van der Waals surface area contributed by atoms with Crippen LogP contribution in [0, 0.1) is 5.92 Å². The van der Waals surface area contributed by atoms with E-state index < -0.39 is 29.7 Å². The van der Waals surface area contributed by atoms with Crippen LogP contribution in [0.5, 0.6) is 0 Å². The van der Waals surface area contributed by atoms with Gasteiger partial charge in [-0.05, 0) is 30.2 Å². The predicted molar refractivity (Wildman–Crippen MR) is 82.8 cm³/mol. The number of hydrogen-bond donors (Lipinski definition) is 2. The van der Waals surface area contributed by atoms with Gasteiger partial charge in [0.2, 0.25) is 0 Å². The summed E-state index contributed by atoms with van der Waals surface area (Å²) in [5.74, 6) is -2.99. The minimum atomic E-state index is -5.23. The molecular weight excluding hydrogens is 363 g/mol. The maximum absolute atomic E-state index is 13.6. The Hall–Kier alpha value is -2.29. The fourth-order valence-corrected chi connectivity index (χ4v) is 2.42. The molecule has 1 aliphatic rings. The van der Waals surface area contributed by atoms with E-state index in [0.717, 1.165) is 0 Å². The van der Waals surface area contributed by atoms with E-state index in [2.05, 4.69) is 0 Å². The zero-order valence-electron chi connectivity index (χ0n) is 13.3. The standard InChI is InChI=1S/C15H15ClF3N3O3/c1-8(2)7-22-12(24)14(15(17,18)19,21-13(22)25)20-11(23)9-3-5-10(16)6-4-9/h3-6,8H,7H2,1-2H3,(H,20,23)(H,21,25)/t14-/m0/s1. The van der Waals surface area contributed by atoms with Crippen molar-refractivity contribution < 1.29 is 27.6 Å². The van der Waals surface area contributed by atoms with Gasteiger partial charge in [0.15, 0.2) is 0 Å². The summed E-state index contributed by atoms with van der Waals surface area (Å²) in [4.78, 5) is 36.8. The summed E-state index contributed by atoms with van der Waals surface area (Å²) in [6.45, 7) is 3.07. The summed E-state index contributed by atoms with van der Waals surface area (Å²) in [7, 11) is 0. The number of halogens is 4. The normalized spacial score (nSPS) is 20.8. The third kappa shape index (κ3) is 3.55. The molecule has 1 atom stereocenters. The molecule has 0 spiro atoms. The molecule has 6 nitrogen and oxygen atoms in total. The van der Waals surface area contributed by atoms with Crippen molar-refractivity contribution in [2.75, 3.05) is 6.54 Å². The fourth-order valence-electron chi connectivity index (χ4n) is 2.30. The average Bonchev–Trinajstić information content (AvgIpc) is 2.72. The number of imide groups is 1. The monoisotopic (exact) mass is 377 g/mol. The number of rotatable bonds is 4. The summed E-state index contributed by atoms with van der Waals surface area (Å²) in [5, 5.41) is 3.49. The molecule has 1 aromatic carbocycles. The lowest BCUT2D eigenvalue weighted by molar-refractivity contribution is -0.200. The molecule has 10 heteroatoms. The highest BCUT2D eigenvalue weighted by Crippen LogP contribution is 2.34. The summed E-state index contributed by atoms with van der Waals surface area (Å²) < 4.78 is 40.8. The molecule has 0 bridgehead atoms. The summed E-state index contributed by atoms with van der Waals surface area (Å²) in [6.07, 6.45) is -5.23. The first-order valence-electron chi connectivity index (χ1n) is 7.27. The van der Waals surface area contributed by atoms with Crippen LogP contribution >= 0.6 is 11.6 Å². The Balaban J connectivity index is 2.37. The topological polar surface area (TPSA) is 78.5 Å². The molecule has 0 aliphatic carbocycles. The van der Waals surface area contributed by atoms with Crippen LogP contribution in [0.4, 0.5) is 18.0 Å². The first-order valence-corrected chi connectivity index (χ1v) is 7.64. The quantitative estimate of drug-likeness (QED) is 0.791. The Morgan fingerprint density at radius 2 is 1.84 bits per heavy atom. The number of amides is 4. The largest absolute Gasteiger partial charge is 0.440 e. The van der Waals surface area contributed by atoms with Crippen LogP contribution in [0.15, 0.2) is 24.3 Å². The highest BCUT2D eigenvalue weighted by molar-refractivity contribution is 6.30. The van der Waals surface area contributed by atoms with Gasteiger partial charge in [0.05, 0.1) is 0 Å². The lowest BCUT2D eigenvalue weighted by Gasteiger charge is -2.30. The minimum absolute atomic E-state index is 0.141. The molecule has 0 radical (unpaired) electrons. The molecule has 0 saturated carbocycles. The fraction of sp³-hybridized carbons (Fsp3) is 0.400. The molecule has 2 rings (SSSR count). The Bertz CT molecular complexity index is 706. The van der Waals surface area contributed by atoms with Crippen molar-refractivity contribution >= 4 is 29.4 Å². The lowest BCUT2D eigenvalue weighted by atomic mass is 10.1. The van der Waals surface area contributed by atoms with Gasteiger partial charge in [-0.25, -0.2) is 4.79 Å². The molecule has 1 aliphatic heterocycles. The zero-order chi connectivity index (χ0) is 19.0. The van der Waals surface area contributed by atoms with Crippen molar-refractivity contribution in [2.45, 2.75) is 25.7 Å². The van der Waals surface area contributed by atoms with Crippen LogP contribution in [-0.2, 0) is 4.79 Å². The van der Waals surface area contributed by atoms with E-state index in [9.17, 15) is 27.6 Å². The molecule has 4 amide bonds. The second kappa shape index (κ2) is 6.55. The molecule has 1 fully saturated rings. The van der Waals surface area contributed by atoms with Gasteiger partial charge in [-0.3, -0.25) is 19.8 Å². The van der Waals surface area contributed by atoms with E-state index in [-0.39, 0.29) is 23.0 Å². The predicted octanol–water partition coefficient (Wildman–Crippen LogP) is 2.54. The van der Waals surface area contributed by atoms with Crippen LogP contribution in [0.2, 0.25) is 5.02 Å². The number of nitrogens with one attached hydrogen (secondary N) is 2. The Morgan fingerprint density at radius 3 is 2.32 bits per heavy atom. The SMILES string of the molecule is CC(C)CN1C(=O)N[C@](NC(=O)c2ccc(Cl)cc2)(C(F)(F)F)C1=O. The van der Waals surface area contributed by atoms with Gasteiger partial charge in [0.1, 0.15) is 0 Å². The smallest absolute Gasteiger partial charge is 0.314 e. The van der Waals surface area contributed by atoms with E-state index in [0.29, 0.717) is 4.90 Å². The van der Waals surface area contributed by atoms with E-state index in [1.165, 1.54) is 24.3 Å². The summed E-state index contributed by atoms with van der Waals surface area (Å²) >= 11 is 5.67. The van der Waals surface area contributed by atoms with E-state index >= 15 is 0 Å². The van der Waals surface area contributed by atoms with Gasteiger partial charge in [0, 0.05) is 17.1 Å². The van der Waals surface area contributed by atoms with Crippen molar-refractivity contribution in [3.05, 3.63) is 34.9 Å². The van der Waals surface area contributed by atoms with Crippen molar-refractivity contribution in [3.8, 4) is 0 Å². The van der Waals surface area contributed by atoms with Crippen LogP contribution < -0.4 is 10.6 Å². The second-order valence-corrected chi connectivity index (χ2v) is 6.38. The average molecular weight is 378 g/mol. The number of benzene rings is 1. The summed E-state index contributed by atoms with van der Waals surface area (Å²) in [6, 6.07) is 3.82. The van der Waals surface area contributed by atoms with Crippen LogP contribution in [0.1, 0.15) is 24.2 Å². The minimum Gasteiger partial charge on any atom is -0.314 e. The van der Waals surface area contributed by atoms with Gasteiger partial charge in [-0.2, -0.15) is 13.2 Å². The number of nitrogens with zero attached hydrogens (tertiary/aromatic N) is 1. The van der Waals surface area contributed by atoms with E-state index in [1.54, 1.807) is 24.5 Å². The maximum Gasteiger partial charge on any atom is 0.440 e. The van der Waals surface area contributed by atoms with Crippen LogP contribution in [-0.4, -0.2) is 41.1 Å². The highest BCUT2D eigenvalue weighted by atomic mass is 35.5. The van der Waals surface area contributed by atoms with Crippen molar-refractivity contribution in [1.29, 1.82) is 0 Å². The van der Waals surface area contributed by atoms with E-state index in [4.69, 9.17) is 11.6 Å². The van der Waals surface area contributed by atoms with Crippen LogP contribution in [0.3, 0.4) is 0 Å². The van der Waals surface area contributed by atoms with Gasteiger partial charge in [-0.15, -0.1) is 0 Å². The second-order valence-electron chi connectivity index (χ2n) is 5.95. The molecule has 1 aromatic rings. The molecule has 1 heterocycles. The summed E-state index contributed by atoms with van der Waals surface area (Å²) in [5.41, 5.74) is -3.65. The number of carbonyl (C=O) groups is 3. The van der Waals surface area contributed by atoms with Crippen molar-refractivity contribution in [3.63, 3.8) is 0 Å². The van der Waals surface area contributed by atoms with Gasteiger partial charge >= 0.3 is 12.2 Å². The molecule has 1 saturated heterocycles. The molecule has 25 heavy (non-hydrogen) atoms. The Labute approximate surface area is 146 Å². The van der Waals surface area contributed by atoms with Crippen molar-refractivity contribution in [2.24, 2.45) is 5.92 Å². The number of hydrogen-bond acceptors (Lipinski definition) is 3. The molecule has 2 N–H and O–H groups in total. The van der Waals surface area contributed by atoms with Gasteiger partial charge in [0.25, 0.3) is 17.5 Å². The third-order valence-electron chi connectivity index (χ3n) is 3.49. The number of alkyl halides is 3. The molecule has 0 unspecified atom stereocenters. The third-order valence-corrected chi connectivity index (χ3v) is 3.74. The maximum atomic E-state index is 13.6. The van der Waals surface area contributed by atoms with Crippen molar-refractivity contribution in [1.82, 2.24) is 15.5 Å². The number of urea groups is 1. The molecule has 0 aromatic heterocycles. The Kier molecular flexibility index (Phi) is 4.99. The number of carbonyl (C=O) groups excluding carboxylic acids is 3. The van der Waals surface area contributed by atoms with Gasteiger partial charge in [-0.1, -0.05) is 25.4 Å². The first-order chi connectivity index (χ1) is 11.5. The molecule has 136 valence electrons. The lowest BCUT2D eigenvalue weighted by Crippen LogP contribution is -2.69. The van der Waals surface area contributed by atoms with Gasteiger partial charge < -0.3 is 5.32 Å². The molecular formula is C15H15ClF3N3O3. The first kappa shape index (κ1) is 19.0. The highest BCUT2D eigenvalue weighted by Gasteiger charge is 2.68. The Morgan fingerprint density at radius 1 is 1.28 bits per heavy atom. The zero-order valence-corrected chi connectivity index (χ0v) is 14.0. The van der Waals surface area contributed by atoms with E-state index in [1.807, 2.05) is 0 Å².